The molecular formula is C16H21N3. The second-order valence-corrected chi connectivity index (χ2v) is 5.37. The minimum Gasteiger partial charge on any atom is -0.353 e. The molecule has 0 spiro atoms. The maximum Gasteiger partial charge on any atom is 0.203 e. The van der Waals surface area contributed by atoms with E-state index >= 15 is 0 Å². The summed E-state index contributed by atoms with van der Waals surface area (Å²) in [6.45, 7) is 2.22. The Labute approximate surface area is 114 Å². The predicted molar refractivity (Wildman–Crippen MR) is 78.4 cm³/mol. The lowest BCUT2D eigenvalue weighted by Crippen LogP contribution is -2.19. The highest BCUT2D eigenvalue weighted by atomic mass is 15.2. The van der Waals surface area contributed by atoms with Gasteiger partial charge in [0.05, 0.1) is 6.04 Å². The van der Waals surface area contributed by atoms with Crippen LogP contribution in [0, 0.1) is 0 Å². The Balaban J connectivity index is 1.79. The van der Waals surface area contributed by atoms with E-state index in [0.29, 0.717) is 12.1 Å². The second-order valence-electron chi connectivity index (χ2n) is 5.37. The number of aromatic nitrogens is 2. The number of rotatable bonds is 4. The van der Waals surface area contributed by atoms with Crippen LogP contribution in [0.15, 0.2) is 42.7 Å². The third-order valence-corrected chi connectivity index (χ3v) is 4.06. The van der Waals surface area contributed by atoms with Crippen LogP contribution in [0.3, 0.4) is 0 Å². The van der Waals surface area contributed by atoms with Crippen molar-refractivity contribution in [3.05, 3.63) is 48.3 Å². The molecule has 0 radical (unpaired) electrons. The lowest BCUT2D eigenvalue weighted by Gasteiger charge is -2.19. The minimum atomic E-state index is 0.313. The van der Waals surface area contributed by atoms with E-state index in [2.05, 4.69) is 58.3 Å². The molecule has 2 aromatic rings. The SMILES string of the molecule is CC(c1ccccc1)n1ccnc1NC1CCCC1. The summed E-state index contributed by atoms with van der Waals surface area (Å²) < 4.78 is 2.23. The summed E-state index contributed by atoms with van der Waals surface area (Å²) in [4.78, 5) is 4.48. The molecular weight excluding hydrogens is 234 g/mol. The molecule has 0 aliphatic heterocycles. The van der Waals surface area contributed by atoms with Gasteiger partial charge in [-0.25, -0.2) is 4.98 Å². The van der Waals surface area contributed by atoms with Crippen LogP contribution in [0.25, 0.3) is 0 Å². The Morgan fingerprint density at radius 2 is 1.95 bits per heavy atom. The Bertz CT molecular complexity index is 512. The average molecular weight is 255 g/mol. The quantitative estimate of drug-likeness (QED) is 0.899. The molecule has 1 aliphatic carbocycles. The maximum absolute atomic E-state index is 4.48. The molecule has 1 saturated carbocycles. The Hall–Kier alpha value is -1.77. The van der Waals surface area contributed by atoms with Gasteiger partial charge < -0.3 is 9.88 Å². The van der Waals surface area contributed by atoms with E-state index in [1.807, 2.05) is 6.20 Å². The third-order valence-electron chi connectivity index (χ3n) is 4.06. The second kappa shape index (κ2) is 5.47. The summed E-state index contributed by atoms with van der Waals surface area (Å²) in [6, 6.07) is 11.5. The molecule has 1 unspecified atom stereocenters. The summed E-state index contributed by atoms with van der Waals surface area (Å²) in [6.07, 6.45) is 9.17. The van der Waals surface area contributed by atoms with Crippen LogP contribution >= 0.6 is 0 Å². The molecule has 3 rings (SSSR count). The average Bonchev–Trinajstić information content (AvgIpc) is 3.11. The van der Waals surface area contributed by atoms with Crippen molar-refractivity contribution in [2.75, 3.05) is 5.32 Å². The fourth-order valence-electron chi connectivity index (χ4n) is 2.88. The zero-order valence-electron chi connectivity index (χ0n) is 11.4. The number of nitrogens with zero attached hydrogens (tertiary/aromatic N) is 2. The first-order valence-corrected chi connectivity index (χ1v) is 7.19. The predicted octanol–water partition coefficient (Wildman–Crippen LogP) is 3.85. The standard InChI is InChI=1S/C16H21N3/c1-13(14-7-3-2-4-8-14)19-12-11-17-16(19)18-15-9-5-6-10-15/h2-4,7-8,11-13,15H,5-6,9-10H2,1H3,(H,17,18). The summed E-state index contributed by atoms with van der Waals surface area (Å²) in [5, 5.41) is 3.59. The number of nitrogens with one attached hydrogen (secondary N) is 1. The lowest BCUT2D eigenvalue weighted by atomic mass is 10.1. The molecule has 0 amide bonds. The van der Waals surface area contributed by atoms with Gasteiger partial charge in [-0.15, -0.1) is 0 Å². The van der Waals surface area contributed by atoms with Gasteiger partial charge in [-0.05, 0) is 25.3 Å². The highest BCUT2D eigenvalue weighted by Gasteiger charge is 2.18. The normalized spacial score (nSPS) is 17.5. The van der Waals surface area contributed by atoms with Crippen LogP contribution in [0.2, 0.25) is 0 Å². The van der Waals surface area contributed by atoms with E-state index in [4.69, 9.17) is 0 Å². The Morgan fingerprint density at radius 1 is 1.21 bits per heavy atom. The van der Waals surface area contributed by atoms with Gasteiger partial charge in [-0.3, -0.25) is 0 Å². The summed E-state index contributed by atoms with van der Waals surface area (Å²) in [5.41, 5.74) is 1.31. The van der Waals surface area contributed by atoms with E-state index in [-0.39, 0.29) is 0 Å². The van der Waals surface area contributed by atoms with Crippen LogP contribution in [-0.2, 0) is 0 Å². The molecule has 19 heavy (non-hydrogen) atoms. The first-order valence-electron chi connectivity index (χ1n) is 7.19. The van der Waals surface area contributed by atoms with E-state index < -0.39 is 0 Å². The van der Waals surface area contributed by atoms with E-state index in [0.717, 1.165) is 5.95 Å². The van der Waals surface area contributed by atoms with Crippen molar-refractivity contribution >= 4 is 5.95 Å². The first kappa shape index (κ1) is 12.3. The Morgan fingerprint density at radius 3 is 2.68 bits per heavy atom. The van der Waals surface area contributed by atoms with Crippen LogP contribution < -0.4 is 5.32 Å². The Kier molecular flexibility index (Phi) is 3.53. The molecule has 1 aliphatic rings. The monoisotopic (exact) mass is 255 g/mol. The molecule has 1 fully saturated rings. The van der Waals surface area contributed by atoms with Gasteiger partial charge in [0.2, 0.25) is 5.95 Å². The van der Waals surface area contributed by atoms with Crippen LogP contribution in [-0.4, -0.2) is 15.6 Å². The fourth-order valence-corrected chi connectivity index (χ4v) is 2.88. The summed E-state index contributed by atoms with van der Waals surface area (Å²) in [5.74, 6) is 1.00. The zero-order chi connectivity index (χ0) is 13.1. The largest absolute Gasteiger partial charge is 0.353 e. The van der Waals surface area contributed by atoms with Crippen molar-refractivity contribution < 1.29 is 0 Å². The molecule has 3 nitrogen and oxygen atoms in total. The molecule has 0 saturated heterocycles. The number of benzene rings is 1. The molecule has 1 heterocycles. The van der Waals surface area contributed by atoms with E-state index in [1.54, 1.807) is 0 Å². The van der Waals surface area contributed by atoms with Crippen molar-refractivity contribution in [1.29, 1.82) is 0 Å². The molecule has 3 heteroatoms. The van der Waals surface area contributed by atoms with Gasteiger partial charge in [0.15, 0.2) is 0 Å². The van der Waals surface area contributed by atoms with Crippen molar-refractivity contribution in [1.82, 2.24) is 9.55 Å². The zero-order valence-corrected chi connectivity index (χ0v) is 11.4. The van der Waals surface area contributed by atoms with Gasteiger partial charge >= 0.3 is 0 Å². The molecule has 1 N–H and O–H groups in total. The third kappa shape index (κ3) is 2.65. The molecule has 1 aromatic heterocycles. The molecule has 1 aromatic carbocycles. The fraction of sp³-hybridized carbons (Fsp3) is 0.438. The molecule has 1 atom stereocenters. The van der Waals surface area contributed by atoms with E-state index in [1.165, 1.54) is 31.2 Å². The number of imidazole rings is 1. The highest BCUT2D eigenvalue weighted by molar-refractivity contribution is 5.32. The van der Waals surface area contributed by atoms with Gasteiger partial charge in [0, 0.05) is 18.4 Å². The lowest BCUT2D eigenvalue weighted by molar-refractivity contribution is 0.630. The number of hydrogen-bond donors (Lipinski definition) is 1. The van der Waals surface area contributed by atoms with Crippen molar-refractivity contribution in [3.8, 4) is 0 Å². The molecule has 100 valence electrons. The van der Waals surface area contributed by atoms with Gasteiger partial charge in [-0.2, -0.15) is 0 Å². The maximum atomic E-state index is 4.48. The summed E-state index contributed by atoms with van der Waals surface area (Å²) in [7, 11) is 0. The number of anilines is 1. The van der Waals surface area contributed by atoms with Gasteiger partial charge in [0.25, 0.3) is 0 Å². The first-order chi connectivity index (χ1) is 9.34. The van der Waals surface area contributed by atoms with Crippen molar-refractivity contribution in [3.63, 3.8) is 0 Å². The smallest absolute Gasteiger partial charge is 0.203 e. The molecule has 0 bridgehead atoms. The van der Waals surface area contributed by atoms with Crippen LogP contribution in [0.5, 0.6) is 0 Å². The summed E-state index contributed by atoms with van der Waals surface area (Å²) >= 11 is 0. The van der Waals surface area contributed by atoms with Crippen molar-refractivity contribution in [2.45, 2.75) is 44.7 Å². The highest BCUT2D eigenvalue weighted by Crippen LogP contribution is 2.25. The van der Waals surface area contributed by atoms with E-state index in [9.17, 15) is 0 Å². The number of hydrogen-bond acceptors (Lipinski definition) is 2. The van der Waals surface area contributed by atoms with Crippen molar-refractivity contribution in [2.24, 2.45) is 0 Å². The van der Waals surface area contributed by atoms with Crippen LogP contribution in [0.1, 0.15) is 44.2 Å². The van der Waals surface area contributed by atoms with Gasteiger partial charge in [0.1, 0.15) is 0 Å². The minimum absolute atomic E-state index is 0.313. The topological polar surface area (TPSA) is 29.9 Å². The van der Waals surface area contributed by atoms with Crippen LogP contribution in [0.4, 0.5) is 5.95 Å². The van der Waals surface area contributed by atoms with Gasteiger partial charge in [-0.1, -0.05) is 43.2 Å².